The third-order valence-corrected chi connectivity index (χ3v) is 3.38. The van der Waals surface area contributed by atoms with E-state index in [1.54, 1.807) is 31.2 Å². The molecule has 1 aliphatic heterocycles. The first kappa shape index (κ1) is 14.5. The van der Waals surface area contributed by atoms with Crippen LogP contribution in [0.1, 0.15) is 32.6 Å². The molecule has 2 amide bonds. The first-order valence-electron chi connectivity index (χ1n) is 7.13. The van der Waals surface area contributed by atoms with Crippen LogP contribution in [0.15, 0.2) is 24.3 Å². The summed E-state index contributed by atoms with van der Waals surface area (Å²) < 4.78 is 0. The maximum Gasteiger partial charge on any atom is 0.241 e. The molecule has 1 heterocycles. The van der Waals surface area contributed by atoms with Gasteiger partial charge in [0.05, 0.1) is 6.04 Å². The molecule has 0 saturated carbocycles. The van der Waals surface area contributed by atoms with Gasteiger partial charge in [0.25, 0.3) is 0 Å². The summed E-state index contributed by atoms with van der Waals surface area (Å²) in [5.74, 6) is -0.0109. The Hall–Kier alpha value is -1.88. The van der Waals surface area contributed by atoms with Crippen LogP contribution in [0.4, 0.5) is 11.4 Å². The predicted octanol–water partition coefficient (Wildman–Crippen LogP) is 2.12. The third-order valence-electron chi connectivity index (χ3n) is 3.38. The minimum absolute atomic E-state index is 0.00930. The van der Waals surface area contributed by atoms with E-state index in [1.165, 1.54) is 0 Å². The largest absolute Gasteiger partial charge is 0.326 e. The van der Waals surface area contributed by atoms with E-state index in [9.17, 15) is 9.59 Å². The molecule has 2 rings (SSSR count). The summed E-state index contributed by atoms with van der Waals surface area (Å²) in [6.07, 6.45) is 3.56. The van der Waals surface area contributed by atoms with Gasteiger partial charge in [-0.2, -0.15) is 0 Å². The molecule has 0 unspecified atom stereocenters. The topological polar surface area (TPSA) is 70.2 Å². The number of carbonyl (C=O) groups excluding carboxylic acids is 2. The Bertz CT molecular complexity index is 465. The van der Waals surface area contributed by atoms with Gasteiger partial charge in [-0.3, -0.25) is 9.59 Å². The minimum atomic E-state index is -0.0942. The molecule has 1 aromatic rings. The molecule has 1 atom stereocenters. The van der Waals surface area contributed by atoms with Crippen LogP contribution in [0.3, 0.4) is 0 Å². The lowest BCUT2D eigenvalue weighted by Gasteiger charge is -2.22. The molecule has 0 aliphatic carbocycles. The fourth-order valence-electron chi connectivity index (χ4n) is 2.19. The Morgan fingerprint density at radius 3 is 2.35 bits per heavy atom. The molecule has 0 spiro atoms. The second kappa shape index (κ2) is 7.05. The van der Waals surface area contributed by atoms with Crippen LogP contribution in [0.2, 0.25) is 0 Å². The molecule has 0 radical (unpaired) electrons. The van der Waals surface area contributed by atoms with E-state index >= 15 is 0 Å². The lowest BCUT2D eigenvalue weighted by molar-refractivity contribution is -0.118. The summed E-state index contributed by atoms with van der Waals surface area (Å²) in [7, 11) is 0. The van der Waals surface area contributed by atoms with Crippen LogP contribution in [0.25, 0.3) is 0 Å². The molecular formula is C15H21N3O2. The summed E-state index contributed by atoms with van der Waals surface area (Å²) in [5, 5.41) is 8.88. The molecule has 0 bridgehead atoms. The second-order valence-corrected chi connectivity index (χ2v) is 4.97. The van der Waals surface area contributed by atoms with Gasteiger partial charge in [-0.1, -0.05) is 13.3 Å². The van der Waals surface area contributed by atoms with E-state index in [1.807, 2.05) is 0 Å². The number of benzene rings is 1. The van der Waals surface area contributed by atoms with Gasteiger partial charge in [0.1, 0.15) is 0 Å². The first-order chi connectivity index (χ1) is 9.69. The molecule has 1 saturated heterocycles. The van der Waals surface area contributed by atoms with E-state index in [4.69, 9.17) is 0 Å². The van der Waals surface area contributed by atoms with Gasteiger partial charge >= 0.3 is 0 Å². The van der Waals surface area contributed by atoms with Gasteiger partial charge in [0, 0.05) is 17.8 Å². The van der Waals surface area contributed by atoms with Crippen molar-refractivity contribution in [2.24, 2.45) is 0 Å². The van der Waals surface area contributed by atoms with Gasteiger partial charge < -0.3 is 16.0 Å². The quantitative estimate of drug-likeness (QED) is 0.788. The zero-order valence-corrected chi connectivity index (χ0v) is 11.7. The highest BCUT2D eigenvalue weighted by molar-refractivity contribution is 5.95. The van der Waals surface area contributed by atoms with Crippen molar-refractivity contribution in [1.29, 1.82) is 0 Å². The van der Waals surface area contributed by atoms with Crippen molar-refractivity contribution in [2.45, 2.75) is 38.6 Å². The van der Waals surface area contributed by atoms with Crippen LogP contribution < -0.4 is 16.0 Å². The number of nitrogens with one attached hydrogen (secondary N) is 3. The summed E-state index contributed by atoms with van der Waals surface area (Å²) >= 11 is 0. The number of hydrogen-bond donors (Lipinski definition) is 3. The Balaban J connectivity index is 1.89. The maximum atomic E-state index is 12.0. The van der Waals surface area contributed by atoms with Gasteiger partial charge in [0.2, 0.25) is 11.8 Å². The summed E-state index contributed by atoms with van der Waals surface area (Å²) in [6.45, 7) is 2.71. The molecule has 1 aromatic carbocycles. The first-order valence-corrected chi connectivity index (χ1v) is 7.13. The molecule has 20 heavy (non-hydrogen) atoms. The molecule has 1 fully saturated rings. The monoisotopic (exact) mass is 275 g/mol. The van der Waals surface area contributed by atoms with Crippen molar-refractivity contribution in [2.75, 3.05) is 17.2 Å². The van der Waals surface area contributed by atoms with Crippen molar-refractivity contribution in [3.05, 3.63) is 24.3 Å². The standard InChI is InChI=1S/C15H21N3O2/c1-2-14(19)17-11-6-8-12(9-7-11)18-15(20)13-5-3-4-10-16-13/h6-9,13,16H,2-5,10H2,1H3,(H,17,19)(H,18,20)/t13-/m0/s1. The van der Waals surface area contributed by atoms with Crippen LogP contribution in [0.5, 0.6) is 0 Å². The van der Waals surface area contributed by atoms with Crippen molar-refractivity contribution < 1.29 is 9.59 Å². The van der Waals surface area contributed by atoms with Crippen LogP contribution in [0, 0.1) is 0 Å². The average Bonchev–Trinajstić information content (AvgIpc) is 2.50. The normalized spacial score (nSPS) is 18.4. The van der Waals surface area contributed by atoms with Gasteiger partial charge in [-0.05, 0) is 43.7 Å². The summed E-state index contributed by atoms with van der Waals surface area (Å²) in [4.78, 5) is 23.3. The molecular weight excluding hydrogens is 254 g/mol. The Morgan fingerprint density at radius 2 is 1.80 bits per heavy atom. The van der Waals surface area contributed by atoms with Crippen molar-refractivity contribution >= 4 is 23.2 Å². The number of carbonyl (C=O) groups is 2. The Morgan fingerprint density at radius 1 is 1.15 bits per heavy atom. The lowest BCUT2D eigenvalue weighted by Crippen LogP contribution is -2.43. The summed E-state index contributed by atoms with van der Waals surface area (Å²) in [6, 6.07) is 7.08. The van der Waals surface area contributed by atoms with E-state index in [0.29, 0.717) is 6.42 Å². The van der Waals surface area contributed by atoms with Crippen molar-refractivity contribution in [1.82, 2.24) is 5.32 Å². The highest BCUT2D eigenvalue weighted by atomic mass is 16.2. The highest BCUT2D eigenvalue weighted by Gasteiger charge is 2.20. The van der Waals surface area contributed by atoms with E-state index in [2.05, 4.69) is 16.0 Å². The highest BCUT2D eigenvalue weighted by Crippen LogP contribution is 2.15. The SMILES string of the molecule is CCC(=O)Nc1ccc(NC(=O)[C@@H]2CCCCN2)cc1. The van der Waals surface area contributed by atoms with E-state index < -0.39 is 0 Å². The molecule has 0 aromatic heterocycles. The Labute approximate surface area is 119 Å². The summed E-state index contributed by atoms with van der Waals surface area (Å²) in [5.41, 5.74) is 1.49. The molecule has 3 N–H and O–H groups in total. The average molecular weight is 275 g/mol. The molecule has 108 valence electrons. The van der Waals surface area contributed by atoms with Crippen LogP contribution in [-0.2, 0) is 9.59 Å². The fourth-order valence-corrected chi connectivity index (χ4v) is 2.19. The van der Waals surface area contributed by atoms with E-state index in [-0.39, 0.29) is 17.9 Å². The van der Waals surface area contributed by atoms with Gasteiger partial charge in [-0.25, -0.2) is 0 Å². The minimum Gasteiger partial charge on any atom is -0.326 e. The fraction of sp³-hybridized carbons (Fsp3) is 0.467. The van der Waals surface area contributed by atoms with Gasteiger partial charge in [-0.15, -0.1) is 0 Å². The number of amides is 2. The maximum absolute atomic E-state index is 12.0. The smallest absolute Gasteiger partial charge is 0.241 e. The van der Waals surface area contributed by atoms with Crippen molar-refractivity contribution in [3.63, 3.8) is 0 Å². The van der Waals surface area contributed by atoms with Crippen LogP contribution >= 0.6 is 0 Å². The molecule has 5 nitrogen and oxygen atoms in total. The molecule has 1 aliphatic rings. The van der Waals surface area contributed by atoms with E-state index in [0.717, 1.165) is 37.2 Å². The Kier molecular flexibility index (Phi) is 5.12. The molecule has 5 heteroatoms. The third kappa shape index (κ3) is 4.06. The second-order valence-electron chi connectivity index (χ2n) is 4.97. The number of piperidine rings is 1. The predicted molar refractivity (Wildman–Crippen MR) is 79.6 cm³/mol. The zero-order valence-electron chi connectivity index (χ0n) is 11.7. The van der Waals surface area contributed by atoms with Crippen molar-refractivity contribution in [3.8, 4) is 0 Å². The number of hydrogen-bond acceptors (Lipinski definition) is 3. The zero-order chi connectivity index (χ0) is 14.4. The lowest BCUT2D eigenvalue weighted by atomic mass is 10.0. The number of anilines is 2. The number of rotatable bonds is 4. The van der Waals surface area contributed by atoms with Crippen LogP contribution in [-0.4, -0.2) is 24.4 Å². The van der Waals surface area contributed by atoms with Gasteiger partial charge in [0.15, 0.2) is 0 Å².